The van der Waals surface area contributed by atoms with Crippen LogP contribution in [0.15, 0.2) is 18.3 Å². The van der Waals surface area contributed by atoms with E-state index in [-0.39, 0.29) is 0 Å². The van der Waals surface area contributed by atoms with Gasteiger partial charge in [-0.05, 0) is 62.3 Å². The summed E-state index contributed by atoms with van der Waals surface area (Å²) in [6.07, 6.45) is 9.55. The van der Waals surface area contributed by atoms with Gasteiger partial charge in [0.2, 0.25) is 0 Å². The molecule has 1 aliphatic carbocycles. The molecule has 1 aromatic rings. The van der Waals surface area contributed by atoms with Crippen molar-refractivity contribution in [2.75, 3.05) is 13.7 Å². The van der Waals surface area contributed by atoms with Crippen LogP contribution in [0.4, 0.5) is 0 Å². The fraction of sp³-hybridized carbons (Fsp3) is 0.562. The van der Waals surface area contributed by atoms with Crippen molar-refractivity contribution in [3.05, 3.63) is 29.6 Å². The Balaban J connectivity index is 1.87. The summed E-state index contributed by atoms with van der Waals surface area (Å²) in [4.78, 5) is 4.44. The summed E-state index contributed by atoms with van der Waals surface area (Å²) in [5.74, 6) is 1.72. The number of methoxy groups -OCH3 is 1. The number of hydrogen-bond acceptors (Lipinski definition) is 3. The normalized spacial score (nSPS) is 26.5. The molecular weight excluding hydrogens is 236 g/mol. The van der Waals surface area contributed by atoms with Crippen molar-refractivity contribution >= 4 is 5.57 Å². The van der Waals surface area contributed by atoms with Gasteiger partial charge in [0.15, 0.2) is 0 Å². The Morgan fingerprint density at radius 2 is 2.26 bits per heavy atom. The SMILES string of the molecule is COc1cc(C2=CC3NCCCC3CC2)cnc1C. The van der Waals surface area contributed by atoms with Gasteiger partial charge in [0.25, 0.3) is 0 Å². The van der Waals surface area contributed by atoms with E-state index in [1.54, 1.807) is 7.11 Å². The molecule has 1 aliphatic heterocycles. The first-order valence-electron chi connectivity index (χ1n) is 7.23. The highest BCUT2D eigenvalue weighted by Gasteiger charge is 2.27. The summed E-state index contributed by atoms with van der Waals surface area (Å²) < 4.78 is 5.38. The van der Waals surface area contributed by atoms with Crippen LogP contribution in [0.2, 0.25) is 0 Å². The number of ether oxygens (including phenoxy) is 1. The van der Waals surface area contributed by atoms with E-state index in [1.807, 2.05) is 13.1 Å². The van der Waals surface area contributed by atoms with Gasteiger partial charge in [0.1, 0.15) is 5.75 Å². The maximum atomic E-state index is 5.38. The van der Waals surface area contributed by atoms with Crippen molar-refractivity contribution < 1.29 is 4.74 Å². The average Bonchev–Trinajstić information content (AvgIpc) is 2.47. The molecule has 3 nitrogen and oxygen atoms in total. The molecule has 1 fully saturated rings. The highest BCUT2D eigenvalue weighted by molar-refractivity contribution is 5.67. The van der Waals surface area contributed by atoms with Crippen LogP contribution in [-0.2, 0) is 0 Å². The number of nitrogens with one attached hydrogen (secondary N) is 1. The van der Waals surface area contributed by atoms with Gasteiger partial charge < -0.3 is 10.1 Å². The first kappa shape index (κ1) is 12.7. The van der Waals surface area contributed by atoms with Crippen LogP contribution in [0.25, 0.3) is 5.57 Å². The molecule has 0 bridgehead atoms. The number of pyridine rings is 1. The Hall–Kier alpha value is -1.35. The number of aryl methyl sites for hydroxylation is 1. The van der Waals surface area contributed by atoms with Gasteiger partial charge in [-0.2, -0.15) is 0 Å². The van der Waals surface area contributed by atoms with E-state index in [1.165, 1.54) is 30.4 Å². The van der Waals surface area contributed by atoms with E-state index in [2.05, 4.69) is 22.4 Å². The van der Waals surface area contributed by atoms with Crippen molar-refractivity contribution in [2.45, 2.75) is 38.6 Å². The van der Waals surface area contributed by atoms with Gasteiger partial charge in [0, 0.05) is 12.2 Å². The minimum atomic E-state index is 0.560. The standard InChI is InChI=1S/C16H22N2O/c1-11-16(19-2)9-14(10-18-11)13-6-5-12-4-3-7-17-15(12)8-13/h8-10,12,15,17H,3-7H2,1-2H3. The predicted molar refractivity (Wildman–Crippen MR) is 77.3 cm³/mol. The largest absolute Gasteiger partial charge is 0.495 e. The number of rotatable bonds is 2. The molecule has 0 aromatic carbocycles. The molecule has 0 amide bonds. The second-order valence-corrected chi connectivity index (χ2v) is 5.62. The quantitative estimate of drug-likeness (QED) is 0.885. The van der Waals surface area contributed by atoms with Crippen molar-refractivity contribution in [2.24, 2.45) is 5.92 Å². The second kappa shape index (κ2) is 5.33. The van der Waals surface area contributed by atoms with E-state index >= 15 is 0 Å². The summed E-state index contributed by atoms with van der Waals surface area (Å²) >= 11 is 0. The predicted octanol–water partition coefficient (Wildman–Crippen LogP) is 2.94. The van der Waals surface area contributed by atoms with Crippen LogP contribution in [0.1, 0.15) is 36.9 Å². The summed E-state index contributed by atoms with van der Waals surface area (Å²) in [7, 11) is 1.71. The van der Waals surface area contributed by atoms with Gasteiger partial charge >= 0.3 is 0 Å². The van der Waals surface area contributed by atoms with E-state index < -0.39 is 0 Å². The number of fused-ring (bicyclic) bond motifs is 1. The number of nitrogens with zero attached hydrogens (tertiary/aromatic N) is 1. The molecule has 2 unspecified atom stereocenters. The number of hydrogen-bond donors (Lipinski definition) is 1. The third kappa shape index (κ3) is 2.52. The molecular formula is C16H22N2O. The molecule has 0 spiro atoms. The lowest BCUT2D eigenvalue weighted by molar-refractivity contribution is 0.298. The zero-order valence-electron chi connectivity index (χ0n) is 11.8. The van der Waals surface area contributed by atoms with Gasteiger partial charge in [-0.3, -0.25) is 4.98 Å². The van der Waals surface area contributed by atoms with Crippen molar-refractivity contribution in [3.8, 4) is 5.75 Å². The Labute approximate surface area is 115 Å². The first-order chi connectivity index (χ1) is 9.28. The Kier molecular flexibility index (Phi) is 3.56. The van der Waals surface area contributed by atoms with E-state index in [0.717, 1.165) is 30.3 Å². The fourth-order valence-corrected chi connectivity index (χ4v) is 3.27. The third-order valence-electron chi connectivity index (χ3n) is 4.44. The smallest absolute Gasteiger partial charge is 0.140 e. The minimum Gasteiger partial charge on any atom is -0.495 e. The molecule has 0 saturated carbocycles. The highest BCUT2D eigenvalue weighted by Crippen LogP contribution is 2.35. The number of allylic oxidation sites excluding steroid dienone is 1. The van der Waals surface area contributed by atoms with Crippen LogP contribution in [-0.4, -0.2) is 24.7 Å². The number of piperidine rings is 1. The summed E-state index contributed by atoms with van der Waals surface area (Å²) in [6.45, 7) is 3.14. The molecule has 3 rings (SSSR count). The maximum absolute atomic E-state index is 5.38. The first-order valence-corrected chi connectivity index (χ1v) is 7.23. The van der Waals surface area contributed by atoms with Crippen LogP contribution in [0, 0.1) is 12.8 Å². The number of aromatic nitrogens is 1. The van der Waals surface area contributed by atoms with Crippen molar-refractivity contribution in [1.29, 1.82) is 0 Å². The molecule has 19 heavy (non-hydrogen) atoms. The Bertz CT molecular complexity index is 496. The van der Waals surface area contributed by atoms with Gasteiger partial charge in [0.05, 0.1) is 12.8 Å². The zero-order chi connectivity index (χ0) is 13.2. The summed E-state index contributed by atoms with van der Waals surface area (Å²) in [5.41, 5.74) is 3.59. The average molecular weight is 258 g/mol. The lowest BCUT2D eigenvalue weighted by atomic mass is 9.79. The zero-order valence-corrected chi connectivity index (χ0v) is 11.8. The van der Waals surface area contributed by atoms with E-state index in [0.29, 0.717) is 6.04 Å². The van der Waals surface area contributed by atoms with Crippen LogP contribution >= 0.6 is 0 Å². The van der Waals surface area contributed by atoms with Gasteiger partial charge in [-0.1, -0.05) is 6.08 Å². The molecule has 2 heterocycles. The highest BCUT2D eigenvalue weighted by atomic mass is 16.5. The van der Waals surface area contributed by atoms with E-state index in [9.17, 15) is 0 Å². The fourth-order valence-electron chi connectivity index (χ4n) is 3.27. The Morgan fingerprint density at radius 1 is 1.37 bits per heavy atom. The third-order valence-corrected chi connectivity index (χ3v) is 4.44. The Morgan fingerprint density at radius 3 is 3.11 bits per heavy atom. The molecule has 1 N–H and O–H groups in total. The van der Waals surface area contributed by atoms with Crippen molar-refractivity contribution in [1.82, 2.24) is 10.3 Å². The minimum absolute atomic E-state index is 0.560. The lowest BCUT2D eigenvalue weighted by Crippen LogP contribution is -2.41. The molecule has 1 aromatic heterocycles. The monoisotopic (exact) mass is 258 g/mol. The van der Waals surface area contributed by atoms with Gasteiger partial charge in [-0.15, -0.1) is 0 Å². The molecule has 0 radical (unpaired) electrons. The second-order valence-electron chi connectivity index (χ2n) is 5.62. The molecule has 2 atom stereocenters. The molecule has 1 saturated heterocycles. The lowest BCUT2D eigenvalue weighted by Gasteiger charge is -2.35. The molecule has 102 valence electrons. The van der Waals surface area contributed by atoms with Crippen LogP contribution < -0.4 is 10.1 Å². The summed E-state index contributed by atoms with van der Waals surface area (Å²) in [5, 5.41) is 3.63. The van der Waals surface area contributed by atoms with Crippen molar-refractivity contribution in [3.63, 3.8) is 0 Å². The molecule has 3 heteroatoms. The van der Waals surface area contributed by atoms with E-state index in [4.69, 9.17) is 4.74 Å². The summed E-state index contributed by atoms with van der Waals surface area (Å²) in [6, 6.07) is 2.68. The maximum Gasteiger partial charge on any atom is 0.140 e. The van der Waals surface area contributed by atoms with Gasteiger partial charge in [-0.25, -0.2) is 0 Å². The van der Waals surface area contributed by atoms with Crippen LogP contribution in [0.3, 0.4) is 0 Å². The van der Waals surface area contributed by atoms with Crippen LogP contribution in [0.5, 0.6) is 5.75 Å². The molecule has 2 aliphatic rings. The topological polar surface area (TPSA) is 34.1 Å².